The number of rotatable bonds is 5. The standard InChI is InChI=1S/C23H25N3O3/c1-3-25(4-2)23(27)16-10-13-21-20(14-16)18-6-5-7-19(18)22(24-21)15-8-11-17(12-9-15)26(28)29/h5-6,8-14,18-19,22,24H,3-4,7H2,1-2H3/t18-,19-,22+/m0/s1. The van der Waals surface area contributed by atoms with Crippen LogP contribution in [0.1, 0.15) is 53.7 Å². The number of hydrogen-bond donors (Lipinski definition) is 1. The fourth-order valence-corrected chi connectivity index (χ4v) is 4.55. The topological polar surface area (TPSA) is 75.5 Å². The Morgan fingerprint density at radius 1 is 1.17 bits per heavy atom. The summed E-state index contributed by atoms with van der Waals surface area (Å²) in [4.78, 5) is 25.2. The lowest BCUT2D eigenvalue weighted by molar-refractivity contribution is -0.384. The van der Waals surface area contributed by atoms with E-state index < -0.39 is 0 Å². The molecular weight excluding hydrogens is 366 g/mol. The van der Waals surface area contributed by atoms with Crippen molar-refractivity contribution < 1.29 is 9.72 Å². The third-order valence-electron chi connectivity index (χ3n) is 6.12. The van der Waals surface area contributed by atoms with Crippen LogP contribution in [0.25, 0.3) is 0 Å². The van der Waals surface area contributed by atoms with Crippen LogP contribution < -0.4 is 5.32 Å². The van der Waals surface area contributed by atoms with Crippen LogP contribution in [-0.2, 0) is 0 Å². The summed E-state index contributed by atoms with van der Waals surface area (Å²) in [7, 11) is 0. The van der Waals surface area contributed by atoms with Gasteiger partial charge in [-0.1, -0.05) is 24.3 Å². The predicted octanol–water partition coefficient (Wildman–Crippen LogP) is 4.90. The van der Waals surface area contributed by atoms with Crippen molar-refractivity contribution in [3.05, 3.63) is 81.4 Å². The minimum absolute atomic E-state index is 0.0637. The number of carbonyl (C=O) groups is 1. The van der Waals surface area contributed by atoms with Crippen molar-refractivity contribution in [3.8, 4) is 0 Å². The van der Waals surface area contributed by atoms with Gasteiger partial charge in [-0.15, -0.1) is 0 Å². The highest BCUT2D eigenvalue weighted by Gasteiger charge is 2.38. The second kappa shape index (κ2) is 7.70. The molecule has 1 N–H and O–H groups in total. The number of nitro benzene ring substituents is 1. The van der Waals surface area contributed by atoms with Gasteiger partial charge in [0.25, 0.3) is 11.6 Å². The van der Waals surface area contributed by atoms with Crippen molar-refractivity contribution in [2.75, 3.05) is 18.4 Å². The molecule has 0 fully saturated rings. The number of allylic oxidation sites excluding steroid dienone is 2. The van der Waals surface area contributed by atoms with Crippen LogP contribution >= 0.6 is 0 Å². The molecule has 0 spiro atoms. The fourth-order valence-electron chi connectivity index (χ4n) is 4.55. The zero-order chi connectivity index (χ0) is 20.5. The van der Waals surface area contributed by atoms with Gasteiger partial charge in [-0.2, -0.15) is 0 Å². The van der Waals surface area contributed by atoms with Gasteiger partial charge in [-0.25, -0.2) is 0 Å². The van der Waals surface area contributed by atoms with Gasteiger partial charge in [0.1, 0.15) is 0 Å². The monoisotopic (exact) mass is 391 g/mol. The van der Waals surface area contributed by atoms with Crippen LogP contribution in [-0.4, -0.2) is 28.8 Å². The zero-order valence-corrected chi connectivity index (χ0v) is 16.7. The van der Waals surface area contributed by atoms with Crippen LogP contribution in [0.2, 0.25) is 0 Å². The Hall–Kier alpha value is -3.15. The van der Waals surface area contributed by atoms with Crippen LogP contribution in [0.15, 0.2) is 54.6 Å². The van der Waals surface area contributed by atoms with Crippen molar-refractivity contribution in [1.82, 2.24) is 4.90 Å². The number of amides is 1. The summed E-state index contributed by atoms with van der Waals surface area (Å²) < 4.78 is 0. The van der Waals surface area contributed by atoms with E-state index in [0.29, 0.717) is 19.0 Å². The Labute approximate surface area is 170 Å². The highest BCUT2D eigenvalue weighted by atomic mass is 16.6. The van der Waals surface area contributed by atoms with Crippen molar-refractivity contribution in [2.45, 2.75) is 32.2 Å². The van der Waals surface area contributed by atoms with Gasteiger partial charge >= 0.3 is 0 Å². The summed E-state index contributed by atoms with van der Waals surface area (Å²) in [6.45, 7) is 5.37. The minimum atomic E-state index is -0.373. The third kappa shape index (κ3) is 3.39. The normalized spacial score (nSPS) is 21.8. The summed E-state index contributed by atoms with van der Waals surface area (Å²) in [6, 6.07) is 12.8. The van der Waals surface area contributed by atoms with E-state index in [9.17, 15) is 14.9 Å². The fraction of sp³-hybridized carbons (Fsp3) is 0.348. The average Bonchev–Trinajstić information content (AvgIpc) is 3.24. The molecule has 29 heavy (non-hydrogen) atoms. The summed E-state index contributed by atoms with van der Waals surface area (Å²) >= 11 is 0. The molecule has 0 aromatic heterocycles. The Balaban J connectivity index is 1.67. The van der Waals surface area contributed by atoms with E-state index in [2.05, 4.69) is 17.5 Å². The SMILES string of the molecule is CCN(CC)C(=O)c1ccc2c(c1)[C@H]1C=CC[C@@H]1[C@@H](c1ccc([N+](=O)[O-])cc1)N2. The van der Waals surface area contributed by atoms with Crippen LogP contribution in [0.4, 0.5) is 11.4 Å². The Kier molecular flexibility index (Phi) is 5.09. The Morgan fingerprint density at radius 2 is 1.90 bits per heavy atom. The van der Waals surface area contributed by atoms with Gasteiger partial charge in [0.05, 0.1) is 11.0 Å². The largest absolute Gasteiger partial charge is 0.378 e. The molecule has 0 bridgehead atoms. The minimum Gasteiger partial charge on any atom is -0.378 e. The van der Waals surface area contributed by atoms with E-state index in [4.69, 9.17) is 0 Å². The summed E-state index contributed by atoms with van der Waals surface area (Å²) in [5, 5.41) is 14.6. The summed E-state index contributed by atoms with van der Waals surface area (Å²) in [5.74, 6) is 0.618. The van der Waals surface area contributed by atoms with Crippen molar-refractivity contribution in [2.24, 2.45) is 5.92 Å². The highest BCUT2D eigenvalue weighted by molar-refractivity contribution is 5.95. The molecular formula is C23H25N3O3. The molecule has 1 aliphatic heterocycles. The molecule has 0 saturated carbocycles. The maximum Gasteiger partial charge on any atom is 0.269 e. The first kappa shape index (κ1) is 19.2. The van der Waals surface area contributed by atoms with Crippen LogP contribution in [0, 0.1) is 16.0 Å². The van der Waals surface area contributed by atoms with Crippen molar-refractivity contribution in [3.63, 3.8) is 0 Å². The average molecular weight is 391 g/mol. The number of anilines is 1. The molecule has 1 amide bonds. The first-order valence-corrected chi connectivity index (χ1v) is 10.1. The lowest BCUT2D eigenvalue weighted by Gasteiger charge is -2.37. The van der Waals surface area contributed by atoms with E-state index in [-0.39, 0.29) is 28.5 Å². The molecule has 2 aliphatic rings. The van der Waals surface area contributed by atoms with E-state index in [1.807, 2.05) is 49.1 Å². The predicted molar refractivity (Wildman–Crippen MR) is 113 cm³/mol. The number of nitrogens with zero attached hydrogens (tertiary/aromatic N) is 2. The lowest BCUT2D eigenvalue weighted by atomic mass is 9.76. The first-order valence-electron chi connectivity index (χ1n) is 10.1. The molecule has 6 heteroatoms. The van der Waals surface area contributed by atoms with E-state index in [0.717, 1.165) is 28.8 Å². The van der Waals surface area contributed by atoms with E-state index in [1.54, 1.807) is 12.1 Å². The van der Waals surface area contributed by atoms with Crippen molar-refractivity contribution in [1.29, 1.82) is 0 Å². The first-order chi connectivity index (χ1) is 14.0. The third-order valence-corrected chi connectivity index (χ3v) is 6.12. The quantitative estimate of drug-likeness (QED) is 0.447. The van der Waals surface area contributed by atoms with Gasteiger partial charge < -0.3 is 10.2 Å². The number of carbonyl (C=O) groups excluding carboxylic acids is 1. The molecule has 0 saturated heterocycles. The molecule has 1 aliphatic carbocycles. The Morgan fingerprint density at radius 3 is 2.55 bits per heavy atom. The zero-order valence-electron chi connectivity index (χ0n) is 16.7. The Bertz CT molecular complexity index is 964. The van der Waals surface area contributed by atoms with Crippen molar-refractivity contribution >= 4 is 17.3 Å². The maximum atomic E-state index is 12.8. The van der Waals surface area contributed by atoms with E-state index in [1.165, 1.54) is 0 Å². The van der Waals surface area contributed by atoms with Gasteiger partial charge in [0, 0.05) is 42.4 Å². The molecule has 0 radical (unpaired) electrons. The van der Waals surface area contributed by atoms with Gasteiger partial charge in [-0.05, 0) is 55.5 Å². The summed E-state index contributed by atoms with van der Waals surface area (Å²) in [6.07, 6.45) is 5.37. The lowest BCUT2D eigenvalue weighted by Crippen LogP contribution is -2.32. The molecule has 150 valence electrons. The molecule has 0 unspecified atom stereocenters. The molecule has 1 heterocycles. The number of benzene rings is 2. The van der Waals surface area contributed by atoms with Gasteiger partial charge in [0.15, 0.2) is 0 Å². The second-order valence-electron chi connectivity index (χ2n) is 7.60. The van der Waals surface area contributed by atoms with Crippen LogP contribution in [0.3, 0.4) is 0 Å². The molecule has 3 atom stereocenters. The number of hydrogen-bond acceptors (Lipinski definition) is 4. The molecule has 6 nitrogen and oxygen atoms in total. The van der Waals surface area contributed by atoms with E-state index >= 15 is 0 Å². The van der Waals surface area contributed by atoms with Gasteiger partial charge in [-0.3, -0.25) is 14.9 Å². The second-order valence-corrected chi connectivity index (χ2v) is 7.60. The summed E-state index contributed by atoms with van der Waals surface area (Å²) in [5.41, 5.74) is 4.05. The number of non-ortho nitro benzene ring substituents is 1. The maximum absolute atomic E-state index is 12.8. The number of nitrogens with one attached hydrogen (secondary N) is 1. The smallest absolute Gasteiger partial charge is 0.269 e. The highest BCUT2D eigenvalue weighted by Crippen LogP contribution is 2.50. The van der Waals surface area contributed by atoms with Gasteiger partial charge in [0.2, 0.25) is 0 Å². The molecule has 4 rings (SSSR count). The molecule has 2 aromatic rings. The number of nitro groups is 1. The molecule has 2 aromatic carbocycles. The number of fused-ring (bicyclic) bond motifs is 3. The van der Waals surface area contributed by atoms with Crippen LogP contribution in [0.5, 0.6) is 0 Å².